The van der Waals surface area contributed by atoms with Crippen LogP contribution in [0.15, 0.2) is 61.3 Å². The van der Waals surface area contributed by atoms with Gasteiger partial charge in [0.1, 0.15) is 36.3 Å². The molecule has 0 aliphatic carbocycles. The van der Waals surface area contributed by atoms with Crippen molar-refractivity contribution >= 4 is 75.1 Å². The number of imidazole rings is 1. The first-order valence-corrected chi connectivity index (χ1v) is 27.0. The fraction of sp³-hybridized carbons (Fsp3) is 0.564. The molecular weight excluding hydrogens is 1030 g/mol. The minimum atomic E-state index is -5.60. The monoisotopic (exact) mass is 1090 g/mol. The SMILES string of the molecule is CC(C)(COP(=O)(O)OP(=O)(O)OCC1OC(n2cnc3c(N)ncnc32)C(O)C1OP(=O)(O)O)C(O)C(=O)NCCC(=O)NCCSC(=O)CC/C=C/CC(O)/C=C/C=C/C=C/C(O)CCCC(=O)O. The van der Waals surface area contributed by atoms with Crippen molar-refractivity contribution in [2.45, 2.75) is 102 Å². The van der Waals surface area contributed by atoms with Crippen molar-refractivity contribution < 1.29 is 101 Å². The Morgan fingerprint density at radius 1 is 0.915 bits per heavy atom. The maximum Gasteiger partial charge on any atom is 0.481 e. The highest BCUT2D eigenvalue weighted by Gasteiger charge is 2.50. The number of allylic oxidation sites excluding steroid dienone is 5. The Balaban J connectivity index is 1.32. The number of nitrogen functional groups attached to an aromatic ring is 1. The Morgan fingerprint density at radius 3 is 2.27 bits per heavy atom. The second kappa shape index (κ2) is 29.0. The van der Waals surface area contributed by atoms with Crippen LogP contribution in [0.4, 0.5) is 5.82 Å². The number of carboxylic acid groups (broad SMARTS) is 1. The first-order chi connectivity index (χ1) is 33.2. The molecule has 1 aliphatic rings. The molecule has 9 atom stereocenters. The second-order valence-electron chi connectivity index (χ2n) is 16.1. The topological polar surface area (TPSA) is 441 Å². The maximum absolute atomic E-state index is 12.7. The lowest BCUT2D eigenvalue weighted by Crippen LogP contribution is -2.46. The van der Waals surface area contributed by atoms with Crippen molar-refractivity contribution in [3.63, 3.8) is 0 Å². The van der Waals surface area contributed by atoms with E-state index in [0.29, 0.717) is 25.7 Å². The number of carbonyl (C=O) groups excluding carboxylic acids is 3. The van der Waals surface area contributed by atoms with E-state index in [0.717, 1.165) is 29.0 Å². The number of aliphatic hydroxyl groups is 4. The van der Waals surface area contributed by atoms with Crippen molar-refractivity contribution in [3.8, 4) is 0 Å². The number of aromatic nitrogens is 4. The summed E-state index contributed by atoms with van der Waals surface area (Å²) < 4.78 is 62.3. The number of hydrogen-bond acceptors (Lipinski definition) is 21. The minimum Gasteiger partial charge on any atom is -0.481 e. The van der Waals surface area contributed by atoms with Gasteiger partial charge in [-0.3, -0.25) is 37.3 Å². The number of aliphatic carboxylic acids is 1. The van der Waals surface area contributed by atoms with Crippen LogP contribution in [0.2, 0.25) is 0 Å². The van der Waals surface area contributed by atoms with Crippen LogP contribution in [0.5, 0.6) is 0 Å². The lowest BCUT2D eigenvalue weighted by atomic mass is 9.87. The highest BCUT2D eigenvalue weighted by Crippen LogP contribution is 2.61. The van der Waals surface area contributed by atoms with E-state index in [1.807, 2.05) is 0 Å². The molecule has 71 heavy (non-hydrogen) atoms. The lowest BCUT2D eigenvalue weighted by Gasteiger charge is -2.30. The standard InChI is InChI=1S/C39H60N7O21P3S/c1-39(2,22-64-70(61,62)67-69(59,60)63-21-27-33(66-68(56,57)58)32(53)38(65-27)46-24-45-31-35(40)43-23-44-36(31)46)34(54)37(55)42-18-17-28(49)41-19-20-71-30(52)16-9-5-8-13-25(47)11-6-3-4-7-12-26(48)14-10-15-29(50)51/h3-8,11-12,23-27,32-34,38,47-48,53-54H,9-10,13-22H2,1-2H3,(H,41,49)(H,42,55)(H,50,51)(H,59,60)(H,61,62)(H2,40,43,44)(H2,56,57,58)/b4-3+,8-5+,11-6+,12-7+. The minimum absolute atomic E-state index is 0.0102. The molecule has 0 aromatic carbocycles. The third-order valence-electron chi connectivity index (χ3n) is 9.71. The summed E-state index contributed by atoms with van der Waals surface area (Å²) in [5.41, 5.74) is 4.21. The summed E-state index contributed by atoms with van der Waals surface area (Å²) in [6.45, 7) is 0.295. The zero-order valence-electron chi connectivity index (χ0n) is 38.3. The van der Waals surface area contributed by atoms with Crippen molar-refractivity contribution in [3.05, 3.63) is 61.3 Å². The zero-order valence-corrected chi connectivity index (χ0v) is 41.8. The van der Waals surface area contributed by atoms with Crippen molar-refractivity contribution in [1.29, 1.82) is 0 Å². The molecule has 13 N–H and O–H groups in total. The molecule has 9 unspecified atom stereocenters. The summed E-state index contributed by atoms with van der Waals surface area (Å²) in [5, 5.41) is 54.8. The number of anilines is 1. The van der Waals surface area contributed by atoms with Gasteiger partial charge in [0.2, 0.25) is 11.8 Å². The number of nitrogens with two attached hydrogens (primary N) is 1. The van der Waals surface area contributed by atoms with Crippen LogP contribution in [-0.4, -0.2) is 156 Å². The molecule has 3 heterocycles. The van der Waals surface area contributed by atoms with Crippen molar-refractivity contribution in [2.24, 2.45) is 5.41 Å². The quantitative estimate of drug-likeness (QED) is 0.0211. The first-order valence-electron chi connectivity index (χ1n) is 21.5. The van der Waals surface area contributed by atoms with Gasteiger partial charge in [0.25, 0.3) is 0 Å². The van der Waals surface area contributed by atoms with Gasteiger partial charge >= 0.3 is 29.4 Å². The van der Waals surface area contributed by atoms with Crippen LogP contribution in [-0.2, 0) is 55.5 Å². The number of phosphoric acid groups is 3. The van der Waals surface area contributed by atoms with E-state index in [-0.39, 0.29) is 60.2 Å². The number of carboxylic acids is 1. The van der Waals surface area contributed by atoms with Crippen LogP contribution in [0.1, 0.15) is 65.0 Å². The summed E-state index contributed by atoms with van der Waals surface area (Å²) in [6.07, 6.45) is 6.26. The average molecular weight is 1090 g/mol. The number of nitrogens with zero attached hydrogens (tertiary/aromatic N) is 4. The van der Waals surface area contributed by atoms with E-state index in [1.54, 1.807) is 42.5 Å². The molecule has 2 aromatic heterocycles. The number of aliphatic hydroxyl groups excluding tert-OH is 4. The number of nitrogens with one attached hydrogen (secondary N) is 2. The zero-order chi connectivity index (χ0) is 53.0. The Morgan fingerprint density at radius 2 is 1.59 bits per heavy atom. The highest BCUT2D eigenvalue weighted by molar-refractivity contribution is 8.13. The van der Waals surface area contributed by atoms with Gasteiger partial charge in [-0.05, 0) is 25.7 Å². The van der Waals surface area contributed by atoms with Crippen molar-refractivity contribution in [2.75, 3.05) is 37.8 Å². The van der Waals surface area contributed by atoms with Crippen LogP contribution in [0, 0.1) is 5.41 Å². The summed E-state index contributed by atoms with van der Waals surface area (Å²) >= 11 is 1.01. The predicted molar refractivity (Wildman–Crippen MR) is 251 cm³/mol. The van der Waals surface area contributed by atoms with E-state index in [9.17, 15) is 72.9 Å². The summed E-state index contributed by atoms with van der Waals surface area (Å²) in [5.74, 6) is -2.19. The molecule has 1 aliphatic heterocycles. The fourth-order valence-corrected chi connectivity index (χ4v) is 9.60. The van der Waals surface area contributed by atoms with Crippen LogP contribution in [0.25, 0.3) is 11.2 Å². The van der Waals surface area contributed by atoms with Gasteiger partial charge in [-0.25, -0.2) is 28.6 Å². The van der Waals surface area contributed by atoms with Gasteiger partial charge in [0.05, 0.1) is 31.7 Å². The van der Waals surface area contributed by atoms with Gasteiger partial charge in [0.15, 0.2) is 22.8 Å². The highest BCUT2D eigenvalue weighted by atomic mass is 32.2. The summed E-state index contributed by atoms with van der Waals surface area (Å²) in [7, 11) is -16.5. The molecule has 2 aromatic rings. The molecule has 398 valence electrons. The third kappa shape index (κ3) is 22.7. The third-order valence-corrected chi connectivity index (χ3v) is 13.7. The molecular formula is C39H60N7O21P3S. The average Bonchev–Trinajstić information content (AvgIpc) is 3.84. The van der Waals surface area contributed by atoms with E-state index in [4.69, 9.17) is 24.6 Å². The molecule has 0 saturated carbocycles. The number of rotatable bonds is 32. The maximum atomic E-state index is 12.7. The Bertz CT molecular complexity index is 2360. The number of fused-ring (bicyclic) bond motifs is 1. The molecule has 3 rings (SSSR count). The fourth-order valence-electron chi connectivity index (χ4n) is 6.07. The molecule has 2 amide bonds. The van der Waals surface area contributed by atoms with Crippen LogP contribution < -0.4 is 16.4 Å². The van der Waals surface area contributed by atoms with Gasteiger partial charge in [-0.15, -0.1) is 0 Å². The predicted octanol–water partition coefficient (Wildman–Crippen LogP) is 1.04. The van der Waals surface area contributed by atoms with E-state index < -0.39 is 103 Å². The molecule has 0 bridgehead atoms. The number of carbonyl (C=O) groups is 4. The Kier molecular flexibility index (Phi) is 25.0. The smallest absolute Gasteiger partial charge is 0.481 e. The van der Waals surface area contributed by atoms with E-state index in [2.05, 4.69) is 34.4 Å². The van der Waals surface area contributed by atoms with E-state index >= 15 is 0 Å². The Labute approximate surface area is 410 Å². The normalized spacial score (nSPS) is 20.9. The largest absolute Gasteiger partial charge is 0.481 e. The number of amides is 2. The Hall–Kier alpha value is -4.09. The molecule has 1 saturated heterocycles. The molecule has 0 spiro atoms. The van der Waals surface area contributed by atoms with Gasteiger partial charge < -0.3 is 66.2 Å². The molecule has 0 radical (unpaired) electrons. The first kappa shape index (κ1) is 61.2. The lowest BCUT2D eigenvalue weighted by molar-refractivity contribution is -0.138. The van der Waals surface area contributed by atoms with Crippen molar-refractivity contribution in [1.82, 2.24) is 30.2 Å². The van der Waals surface area contributed by atoms with Crippen LogP contribution in [0.3, 0.4) is 0 Å². The molecule has 28 nitrogen and oxygen atoms in total. The molecule has 1 fully saturated rings. The summed E-state index contributed by atoms with van der Waals surface area (Å²) in [6, 6.07) is 0. The number of ether oxygens (including phenoxy) is 1. The van der Waals surface area contributed by atoms with Gasteiger partial charge in [0, 0.05) is 43.5 Å². The van der Waals surface area contributed by atoms with Gasteiger partial charge in [-0.2, -0.15) is 4.31 Å². The van der Waals surface area contributed by atoms with Crippen LogP contribution >= 0.6 is 35.2 Å². The molecule has 32 heteroatoms. The van der Waals surface area contributed by atoms with Gasteiger partial charge in [-0.1, -0.05) is 74.2 Å². The number of phosphoric ester groups is 3. The number of thioether (sulfide) groups is 1. The number of hydrogen-bond donors (Lipinski definition) is 12. The van der Waals surface area contributed by atoms with E-state index in [1.165, 1.54) is 19.9 Å². The second-order valence-corrected chi connectivity index (χ2v) is 21.5. The summed E-state index contributed by atoms with van der Waals surface area (Å²) in [4.78, 5) is 98.8.